The standard InChI is InChI=1S/C8H10.C6H6O.H2S/c1-7-4-3-5-8(2)6-7;7-6-4-2-1-3-5-6;/h3-6H,1-2H3;1-5,7H;1H2. The molecule has 2 aromatic carbocycles. The van der Waals surface area contributed by atoms with Crippen molar-refractivity contribution in [3.63, 3.8) is 0 Å². The maximum atomic E-state index is 8.63. The molecule has 0 unspecified atom stereocenters. The zero-order chi connectivity index (χ0) is 11.1. The second-order valence-corrected chi connectivity index (χ2v) is 3.49. The lowest BCUT2D eigenvalue weighted by atomic mass is 10.2. The Morgan fingerprint density at radius 2 is 1.25 bits per heavy atom. The van der Waals surface area contributed by atoms with Crippen LogP contribution in [0.2, 0.25) is 0 Å². The number of hydrogen-bond donors (Lipinski definition) is 1. The van der Waals surface area contributed by atoms with Crippen molar-refractivity contribution < 1.29 is 5.11 Å². The summed E-state index contributed by atoms with van der Waals surface area (Å²) in [5.41, 5.74) is 2.68. The number of rotatable bonds is 0. The summed E-state index contributed by atoms with van der Waals surface area (Å²) in [6.07, 6.45) is 0. The van der Waals surface area contributed by atoms with Crippen molar-refractivity contribution in [1.82, 2.24) is 0 Å². The monoisotopic (exact) mass is 234 g/mol. The third kappa shape index (κ3) is 6.14. The molecule has 0 saturated heterocycles. The minimum Gasteiger partial charge on any atom is -0.508 e. The van der Waals surface area contributed by atoms with Crippen LogP contribution < -0.4 is 0 Å². The summed E-state index contributed by atoms with van der Waals surface area (Å²) in [6, 6.07) is 17.2. The highest BCUT2D eigenvalue weighted by Crippen LogP contribution is 2.02. The molecule has 86 valence electrons. The normalized spacial score (nSPS) is 8.38. The predicted molar refractivity (Wildman–Crippen MR) is 74.4 cm³/mol. The van der Waals surface area contributed by atoms with Crippen LogP contribution in [0.25, 0.3) is 0 Å². The summed E-state index contributed by atoms with van der Waals surface area (Å²) in [5, 5.41) is 8.63. The van der Waals surface area contributed by atoms with E-state index >= 15 is 0 Å². The highest BCUT2D eigenvalue weighted by molar-refractivity contribution is 7.59. The van der Waals surface area contributed by atoms with E-state index in [1.165, 1.54) is 11.1 Å². The Hall–Kier alpha value is -1.41. The van der Waals surface area contributed by atoms with Crippen molar-refractivity contribution in [1.29, 1.82) is 0 Å². The van der Waals surface area contributed by atoms with Crippen LogP contribution in [0.15, 0.2) is 54.6 Å². The van der Waals surface area contributed by atoms with Gasteiger partial charge in [0.1, 0.15) is 5.75 Å². The van der Waals surface area contributed by atoms with Gasteiger partial charge in [-0.1, -0.05) is 53.6 Å². The third-order valence-corrected chi connectivity index (χ3v) is 1.93. The molecular weight excluding hydrogens is 216 g/mol. The highest BCUT2D eigenvalue weighted by atomic mass is 32.1. The second-order valence-electron chi connectivity index (χ2n) is 3.49. The van der Waals surface area contributed by atoms with Crippen LogP contribution in [0.4, 0.5) is 0 Å². The Morgan fingerprint density at radius 1 is 0.750 bits per heavy atom. The third-order valence-electron chi connectivity index (χ3n) is 1.93. The van der Waals surface area contributed by atoms with Crippen LogP contribution in [0.5, 0.6) is 5.75 Å². The molecule has 0 amide bonds. The van der Waals surface area contributed by atoms with Gasteiger partial charge in [-0.2, -0.15) is 13.5 Å². The quantitative estimate of drug-likeness (QED) is 0.735. The molecule has 0 radical (unpaired) electrons. The SMILES string of the molecule is Cc1cccc(C)c1.Oc1ccccc1.S. The van der Waals surface area contributed by atoms with E-state index in [1.807, 2.05) is 6.07 Å². The number of benzene rings is 2. The molecule has 0 aliphatic rings. The van der Waals surface area contributed by atoms with Crippen LogP contribution in [0.1, 0.15) is 11.1 Å². The van der Waals surface area contributed by atoms with Gasteiger partial charge in [0.15, 0.2) is 0 Å². The molecule has 2 heteroatoms. The van der Waals surface area contributed by atoms with Gasteiger partial charge in [0.2, 0.25) is 0 Å². The van der Waals surface area contributed by atoms with Crippen LogP contribution in [0, 0.1) is 13.8 Å². The second kappa shape index (κ2) is 7.83. The van der Waals surface area contributed by atoms with Gasteiger partial charge in [-0.3, -0.25) is 0 Å². The first-order valence-electron chi connectivity index (χ1n) is 4.96. The minimum absolute atomic E-state index is 0. The minimum atomic E-state index is 0. The van der Waals surface area contributed by atoms with Gasteiger partial charge < -0.3 is 5.11 Å². The van der Waals surface area contributed by atoms with E-state index in [0.717, 1.165) is 0 Å². The molecule has 0 aliphatic carbocycles. The molecule has 2 aromatic rings. The number of para-hydroxylation sites is 1. The molecule has 16 heavy (non-hydrogen) atoms. The molecule has 1 nitrogen and oxygen atoms in total. The van der Waals surface area contributed by atoms with E-state index in [-0.39, 0.29) is 13.5 Å². The highest BCUT2D eigenvalue weighted by Gasteiger charge is 1.80. The van der Waals surface area contributed by atoms with Gasteiger partial charge in [0.05, 0.1) is 0 Å². The lowest BCUT2D eigenvalue weighted by molar-refractivity contribution is 0.475. The van der Waals surface area contributed by atoms with Crippen molar-refractivity contribution in [2.75, 3.05) is 0 Å². The van der Waals surface area contributed by atoms with Crippen LogP contribution in [0.3, 0.4) is 0 Å². The molecular formula is C14H18OS. The van der Waals surface area contributed by atoms with E-state index in [9.17, 15) is 0 Å². The smallest absolute Gasteiger partial charge is 0.115 e. The fraction of sp³-hybridized carbons (Fsp3) is 0.143. The van der Waals surface area contributed by atoms with Gasteiger partial charge in [0.25, 0.3) is 0 Å². The summed E-state index contributed by atoms with van der Waals surface area (Å²) in [4.78, 5) is 0. The van der Waals surface area contributed by atoms with Crippen molar-refractivity contribution in [3.05, 3.63) is 65.7 Å². The Morgan fingerprint density at radius 3 is 1.50 bits per heavy atom. The predicted octanol–water partition coefficient (Wildman–Crippen LogP) is 3.81. The van der Waals surface area contributed by atoms with Gasteiger partial charge in [-0.25, -0.2) is 0 Å². The molecule has 0 atom stereocenters. The molecule has 0 aliphatic heterocycles. The molecule has 0 aromatic heterocycles. The van der Waals surface area contributed by atoms with Gasteiger partial charge in [-0.15, -0.1) is 0 Å². The van der Waals surface area contributed by atoms with Crippen molar-refractivity contribution >= 4 is 13.5 Å². The van der Waals surface area contributed by atoms with Crippen molar-refractivity contribution in [2.24, 2.45) is 0 Å². The number of phenols is 1. The zero-order valence-electron chi connectivity index (χ0n) is 9.64. The number of hydrogen-bond acceptors (Lipinski definition) is 1. The number of aryl methyl sites for hydroxylation is 2. The van der Waals surface area contributed by atoms with Crippen LogP contribution in [-0.4, -0.2) is 5.11 Å². The Kier molecular flexibility index (Phi) is 7.14. The van der Waals surface area contributed by atoms with E-state index in [1.54, 1.807) is 24.3 Å². The molecule has 1 N–H and O–H groups in total. The topological polar surface area (TPSA) is 20.2 Å². The van der Waals surface area contributed by atoms with E-state index < -0.39 is 0 Å². The summed E-state index contributed by atoms with van der Waals surface area (Å²) in [7, 11) is 0. The maximum Gasteiger partial charge on any atom is 0.115 e. The molecule has 0 spiro atoms. The Balaban J connectivity index is 0.000000267. The first-order chi connectivity index (χ1) is 7.18. The molecule has 0 saturated carbocycles. The zero-order valence-corrected chi connectivity index (χ0v) is 10.6. The fourth-order valence-corrected chi connectivity index (χ4v) is 1.24. The van der Waals surface area contributed by atoms with Crippen LogP contribution in [-0.2, 0) is 0 Å². The van der Waals surface area contributed by atoms with Gasteiger partial charge >= 0.3 is 0 Å². The lowest BCUT2D eigenvalue weighted by Gasteiger charge is -1.90. The molecule has 0 fully saturated rings. The summed E-state index contributed by atoms with van der Waals surface area (Å²) in [5.74, 6) is 0.322. The van der Waals surface area contributed by atoms with E-state index in [2.05, 4.69) is 38.1 Å². The largest absolute Gasteiger partial charge is 0.508 e. The van der Waals surface area contributed by atoms with E-state index in [0.29, 0.717) is 5.75 Å². The van der Waals surface area contributed by atoms with Gasteiger partial charge in [-0.05, 0) is 26.0 Å². The van der Waals surface area contributed by atoms with Crippen molar-refractivity contribution in [2.45, 2.75) is 13.8 Å². The molecule has 2 rings (SSSR count). The maximum absolute atomic E-state index is 8.63. The fourth-order valence-electron chi connectivity index (χ4n) is 1.24. The first-order valence-corrected chi connectivity index (χ1v) is 4.96. The summed E-state index contributed by atoms with van der Waals surface area (Å²) < 4.78 is 0. The number of phenolic OH excluding ortho intramolecular Hbond substituents is 1. The summed E-state index contributed by atoms with van der Waals surface area (Å²) in [6.45, 7) is 4.21. The molecule has 0 heterocycles. The first kappa shape index (κ1) is 14.6. The van der Waals surface area contributed by atoms with E-state index in [4.69, 9.17) is 5.11 Å². The number of aromatic hydroxyl groups is 1. The molecule has 0 bridgehead atoms. The van der Waals surface area contributed by atoms with Gasteiger partial charge in [0, 0.05) is 0 Å². The summed E-state index contributed by atoms with van der Waals surface area (Å²) >= 11 is 0. The average Bonchev–Trinajstić information content (AvgIpc) is 2.19. The average molecular weight is 234 g/mol. The Bertz CT molecular complexity index is 381. The van der Waals surface area contributed by atoms with Crippen LogP contribution >= 0.6 is 13.5 Å². The van der Waals surface area contributed by atoms with Crippen molar-refractivity contribution in [3.8, 4) is 5.75 Å². The Labute approximate surface area is 104 Å². The lowest BCUT2D eigenvalue weighted by Crippen LogP contribution is -1.71.